The van der Waals surface area contributed by atoms with Crippen LogP contribution in [0.25, 0.3) is 0 Å². The molecule has 0 unspecified atom stereocenters. The van der Waals surface area contributed by atoms with E-state index >= 15 is 0 Å². The van der Waals surface area contributed by atoms with E-state index in [4.69, 9.17) is 15.2 Å². The molecule has 0 aliphatic carbocycles. The summed E-state index contributed by atoms with van der Waals surface area (Å²) in [5.74, 6) is 1.18. The average molecular weight is 289 g/mol. The number of halogens is 1. The zero-order valence-corrected chi connectivity index (χ0v) is 12.3. The second-order valence-corrected chi connectivity index (χ2v) is 3.92. The van der Waals surface area contributed by atoms with Gasteiger partial charge in [-0.1, -0.05) is 6.07 Å². The van der Waals surface area contributed by atoms with Crippen LogP contribution in [0, 0.1) is 0 Å². The van der Waals surface area contributed by atoms with E-state index < -0.39 is 6.04 Å². The highest BCUT2D eigenvalue weighted by atomic mass is 35.5. The summed E-state index contributed by atoms with van der Waals surface area (Å²) in [6.07, 6.45) is 0. The van der Waals surface area contributed by atoms with Crippen molar-refractivity contribution in [3.63, 3.8) is 0 Å². The molecular formula is C13H21ClN2O3. The summed E-state index contributed by atoms with van der Waals surface area (Å²) in [7, 11) is 1.59. The van der Waals surface area contributed by atoms with Crippen molar-refractivity contribution in [1.82, 2.24) is 5.32 Å². The van der Waals surface area contributed by atoms with Gasteiger partial charge < -0.3 is 20.5 Å². The van der Waals surface area contributed by atoms with Crippen molar-refractivity contribution in [1.29, 1.82) is 0 Å². The number of carbonyl (C=O) groups excluding carboxylic acids is 1. The van der Waals surface area contributed by atoms with Crippen LogP contribution < -0.4 is 20.5 Å². The fourth-order valence-electron chi connectivity index (χ4n) is 1.45. The molecule has 6 heteroatoms. The quantitative estimate of drug-likeness (QED) is 0.831. The largest absolute Gasteiger partial charge is 0.493 e. The fraction of sp³-hybridized carbons (Fsp3) is 0.462. The normalized spacial score (nSPS) is 11.2. The Bertz CT molecular complexity index is 411. The van der Waals surface area contributed by atoms with Gasteiger partial charge in [0.15, 0.2) is 11.5 Å². The molecule has 0 aromatic heterocycles. The SMILES string of the molecule is CCOc1ccc(CNC(=O)[C@H](C)N)cc1OC.Cl. The van der Waals surface area contributed by atoms with Crippen LogP contribution in [0.5, 0.6) is 11.5 Å². The zero-order chi connectivity index (χ0) is 13.5. The van der Waals surface area contributed by atoms with Gasteiger partial charge in [-0.15, -0.1) is 12.4 Å². The van der Waals surface area contributed by atoms with Gasteiger partial charge in [-0.05, 0) is 31.5 Å². The van der Waals surface area contributed by atoms with E-state index in [2.05, 4.69) is 5.32 Å². The zero-order valence-electron chi connectivity index (χ0n) is 11.4. The molecule has 0 spiro atoms. The number of nitrogens with one attached hydrogen (secondary N) is 1. The van der Waals surface area contributed by atoms with Crippen molar-refractivity contribution in [2.24, 2.45) is 5.73 Å². The molecule has 1 rings (SSSR count). The number of amides is 1. The van der Waals surface area contributed by atoms with E-state index in [1.165, 1.54) is 0 Å². The topological polar surface area (TPSA) is 73.6 Å². The van der Waals surface area contributed by atoms with Gasteiger partial charge in [0, 0.05) is 6.54 Å². The van der Waals surface area contributed by atoms with Gasteiger partial charge in [0.25, 0.3) is 0 Å². The summed E-state index contributed by atoms with van der Waals surface area (Å²) in [5, 5.41) is 2.74. The molecule has 1 aromatic rings. The van der Waals surface area contributed by atoms with Crippen LogP contribution in [0.4, 0.5) is 0 Å². The first kappa shape index (κ1) is 17.5. The highest BCUT2D eigenvalue weighted by Gasteiger charge is 2.08. The first-order valence-electron chi connectivity index (χ1n) is 5.91. The molecule has 0 bridgehead atoms. The minimum atomic E-state index is -0.505. The van der Waals surface area contributed by atoms with E-state index in [9.17, 15) is 4.79 Å². The molecular weight excluding hydrogens is 268 g/mol. The first-order valence-corrected chi connectivity index (χ1v) is 5.91. The minimum absolute atomic E-state index is 0. The van der Waals surface area contributed by atoms with Crippen molar-refractivity contribution >= 4 is 18.3 Å². The maximum absolute atomic E-state index is 11.3. The molecule has 0 saturated heterocycles. The lowest BCUT2D eigenvalue weighted by atomic mass is 10.2. The van der Waals surface area contributed by atoms with Crippen LogP contribution in [0.1, 0.15) is 19.4 Å². The fourth-order valence-corrected chi connectivity index (χ4v) is 1.45. The number of rotatable bonds is 6. The van der Waals surface area contributed by atoms with Crippen LogP contribution in [-0.2, 0) is 11.3 Å². The van der Waals surface area contributed by atoms with Crippen molar-refractivity contribution in [3.05, 3.63) is 23.8 Å². The Morgan fingerprint density at radius 1 is 1.42 bits per heavy atom. The second kappa shape index (κ2) is 8.61. The molecule has 0 aliphatic heterocycles. The predicted molar refractivity (Wildman–Crippen MR) is 76.9 cm³/mol. The molecule has 3 N–H and O–H groups in total. The molecule has 1 atom stereocenters. The third kappa shape index (κ3) is 5.36. The van der Waals surface area contributed by atoms with Crippen molar-refractivity contribution < 1.29 is 14.3 Å². The number of methoxy groups -OCH3 is 1. The van der Waals surface area contributed by atoms with Crippen LogP contribution in [0.3, 0.4) is 0 Å². The lowest BCUT2D eigenvalue weighted by Gasteiger charge is -2.12. The third-order valence-corrected chi connectivity index (χ3v) is 2.41. The maximum Gasteiger partial charge on any atom is 0.236 e. The molecule has 1 aromatic carbocycles. The van der Waals surface area contributed by atoms with Crippen LogP contribution in [0.15, 0.2) is 18.2 Å². The van der Waals surface area contributed by atoms with Gasteiger partial charge in [-0.2, -0.15) is 0 Å². The lowest BCUT2D eigenvalue weighted by Crippen LogP contribution is -2.37. The van der Waals surface area contributed by atoms with Gasteiger partial charge in [-0.3, -0.25) is 4.79 Å². The average Bonchev–Trinajstić information content (AvgIpc) is 2.37. The Morgan fingerprint density at radius 2 is 2.11 bits per heavy atom. The summed E-state index contributed by atoms with van der Waals surface area (Å²) >= 11 is 0. The molecule has 19 heavy (non-hydrogen) atoms. The van der Waals surface area contributed by atoms with Crippen LogP contribution in [-0.4, -0.2) is 25.7 Å². The monoisotopic (exact) mass is 288 g/mol. The number of hydrogen-bond acceptors (Lipinski definition) is 4. The molecule has 5 nitrogen and oxygen atoms in total. The van der Waals surface area contributed by atoms with E-state index in [0.717, 1.165) is 5.56 Å². The molecule has 108 valence electrons. The van der Waals surface area contributed by atoms with E-state index in [0.29, 0.717) is 24.7 Å². The predicted octanol–water partition coefficient (Wildman–Crippen LogP) is 1.48. The van der Waals surface area contributed by atoms with Gasteiger partial charge in [0.05, 0.1) is 19.8 Å². The summed E-state index contributed by atoms with van der Waals surface area (Å²) in [6.45, 7) is 4.56. The molecule has 1 amide bonds. The Labute approximate surface area is 119 Å². The number of hydrogen-bond donors (Lipinski definition) is 2. The van der Waals surface area contributed by atoms with Crippen molar-refractivity contribution in [2.75, 3.05) is 13.7 Å². The Balaban J connectivity index is 0.00000324. The highest BCUT2D eigenvalue weighted by molar-refractivity contribution is 5.85. The third-order valence-electron chi connectivity index (χ3n) is 2.41. The van der Waals surface area contributed by atoms with Gasteiger partial charge in [-0.25, -0.2) is 0 Å². The lowest BCUT2D eigenvalue weighted by molar-refractivity contribution is -0.122. The number of nitrogens with two attached hydrogens (primary N) is 1. The Morgan fingerprint density at radius 3 is 2.63 bits per heavy atom. The van der Waals surface area contributed by atoms with E-state index in [-0.39, 0.29) is 18.3 Å². The summed E-state index contributed by atoms with van der Waals surface area (Å²) in [4.78, 5) is 11.3. The van der Waals surface area contributed by atoms with Gasteiger partial charge >= 0.3 is 0 Å². The molecule has 0 radical (unpaired) electrons. The Hall–Kier alpha value is -1.46. The first-order chi connectivity index (χ1) is 8.58. The molecule has 0 saturated carbocycles. The van der Waals surface area contributed by atoms with Crippen LogP contribution in [0.2, 0.25) is 0 Å². The number of carbonyl (C=O) groups is 1. The molecule has 0 heterocycles. The Kier molecular flexibility index (Phi) is 7.95. The molecule has 0 fully saturated rings. The molecule has 0 aliphatic rings. The summed E-state index contributed by atoms with van der Waals surface area (Å²) < 4.78 is 10.6. The number of ether oxygens (including phenoxy) is 2. The van der Waals surface area contributed by atoms with Gasteiger partial charge in [0.1, 0.15) is 0 Å². The number of benzene rings is 1. The van der Waals surface area contributed by atoms with E-state index in [1.54, 1.807) is 14.0 Å². The second-order valence-electron chi connectivity index (χ2n) is 3.92. The maximum atomic E-state index is 11.3. The standard InChI is InChI=1S/C13H20N2O3.ClH/c1-4-18-11-6-5-10(7-12(11)17-3)8-15-13(16)9(2)14;/h5-7,9H,4,8,14H2,1-3H3,(H,15,16);1H/t9-;/m0./s1. The summed E-state index contributed by atoms with van der Waals surface area (Å²) in [5.41, 5.74) is 6.40. The van der Waals surface area contributed by atoms with E-state index in [1.807, 2.05) is 25.1 Å². The minimum Gasteiger partial charge on any atom is -0.493 e. The van der Waals surface area contributed by atoms with Crippen molar-refractivity contribution in [2.45, 2.75) is 26.4 Å². The highest BCUT2D eigenvalue weighted by Crippen LogP contribution is 2.27. The van der Waals surface area contributed by atoms with Gasteiger partial charge in [0.2, 0.25) is 5.91 Å². The van der Waals surface area contributed by atoms with Crippen LogP contribution >= 0.6 is 12.4 Å². The smallest absolute Gasteiger partial charge is 0.236 e. The summed E-state index contributed by atoms with van der Waals surface area (Å²) in [6, 6.07) is 5.05. The van der Waals surface area contributed by atoms with Crippen molar-refractivity contribution in [3.8, 4) is 11.5 Å².